The molecule has 2 aromatic heterocycles. The molecule has 11 aromatic carbocycles. The molecule has 0 atom stereocenters. The van der Waals surface area contributed by atoms with Crippen LogP contribution in [-0.4, -0.2) is 15.8 Å². The van der Waals surface area contributed by atoms with Gasteiger partial charge in [0.1, 0.15) is 0 Å². The van der Waals surface area contributed by atoms with Gasteiger partial charge in [-0.25, -0.2) is 0 Å². The van der Waals surface area contributed by atoms with E-state index in [1.807, 2.05) is 0 Å². The summed E-state index contributed by atoms with van der Waals surface area (Å²) in [7, 11) is 0. The van der Waals surface area contributed by atoms with Crippen LogP contribution in [0.15, 0.2) is 206 Å². The van der Waals surface area contributed by atoms with Crippen molar-refractivity contribution in [3.63, 3.8) is 0 Å². The fraction of sp³-hybridized carbons (Fsp3) is 0.365. The quantitative estimate of drug-likeness (QED) is 0.148. The number of fused-ring (bicyclic) bond motifs is 10. The third-order valence-corrected chi connectivity index (χ3v) is 25.0. The molecular formula is C104H117BN4. The predicted molar refractivity (Wildman–Crippen MR) is 475 cm³/mol. The van der Waals surface area contributed by atoms with Crippen molar-refractivity contribution in [1.29, 1.82) is 0 Å². The first kappa shape index (κ1) is 73.8. The lowest BCUT2D eigenvalue weighted by atomic mass is 9.33. The molecule has 13 aromatic rings. The Labute approximate surface area is 653 Å². The minimum absolute atomic E-state index is 0.0125. The van der Waals surface area contributed by atoms with Crippen molar-refractivity contribution in [2.24, 2.45) is 0 Å². The van der Waals surface area contributed by atoms with Gasteiger partial charge in [-0.3, -0.25) is 0 Å². The largest absolute Gasteiger partial charge is 0.311 e. The topological polar surface area (TPSA) is 16.3 Å². The second-order valence-electron chi connectivity index (χ2n) is 41.1. The van der Waals surface area contributed by atoms with Crippen molar-refractivity contribution in [3.8, 4) is 33.6 Å². The van der Waals surface area contributed by atoms with Gasteiger partial charge >= 0.3 is 0 Å². The van der Waals surface area contributed by atoms with E-state index in [0.717, 1.165) is 24.2 Å². The summed E-state index contributed by atoms with van der Waals surface area (Å²) in [4.78, 5) is 5.54. The molecule has 1 saturated carbocycles. The van der Waals surface area contributed by atoms with Crippen molar-refractivity contribution in [2.75, 3.05) is 9.80 Å². The van der Waals surface area contributed by atoms with Crippen molar-refractivity contribution < 1.29 is 0 Å². The molecule has 0 unspecified atom stereocenters. The van der Waals surface area contributed by atoms with E-state index in [1.165, 1.54) is 186 Å². The summed E-state index contributed by atoms with van der Waals surface area (Å²) in [5, 5.41) is 5.16. The van der Waals surface area contributed by atoms with E-state index in [4.69, 9.17) is 0 Å². The van der Waals surface area contributed by atoms with Gasteiger partial charge in [0.2, 0.25) is 0 Å². The van der Waals surface area contributed by atoms with E-state index >= 15 is 0 Å². The number of aromatic nitrogens is 2. The Hall–Kier alpha value is -9.32. The van der Waals surface area contributed by atoms with Crippen molar-refractivity contribution in [3.05, 3.63) is 256 Å². The molecule has 0 bridgehead atoms. The Morgan fingerprint density at radius 1 is 0.257 bits per heavy atom. The summed E-state index contributed by atoms with van der Waals surface area (Å²) < 4.78 is 5.19. The summed E-state index contributed by atoms with van der Waals surface area (Å²) in [5.74, 6) is 0.375. The zero-order chi connectivity index (χ0) is 77.5. The summed E-state index contributed by atoms with van der Waals surface area (Å²) in [6.45, 7) is 56.3. The van der Waals surface area contributed by atoms with Gasteiger partial charge in [-0.05, 0) is 249 Å². The average molecular weight is 1430 g/mol. The van der Waals surface area contributed by atoms with E-state index in [9.17, 15) is 0 Å². The van der Waals surface area contributed by atoms with E-state index in [0.29, 0.717) is 5.92 Å². The van der Waals surface area contributed by atoms with Crippen LogP contribution in [0.3, 0.4) is 0 Å². The Morgan fingerprint density at radius 3 is 0.844 bits per heavy atom. The first-order chi connectivity index (χ1) is 51.1. The van der Waals surface area contributed by atoms with E-state index in [1.54, 1.807) is 0 Å². The molecule has 4 heterocycles. The third-order valence-electron chi connectivity index (χ3n) is 25.0. The third kappa shape index (κ3) is 13.0. The minimum Gasteiger partial charge on any atom is -0.311 e. The SMILES string of the molecule is CC(C)(C)c1ccc(-c2cc(C(C)(C)C)ccc2N2c3cc(-n4c5ccc(C(C)(C)C)cc5c5cc(C(C)(C)C)ccc54)ccc3B3c4ccc(-n5c6ccc(C(C)(C)C)cc6c6cc(C(C)(C)C)ccc65)cc4N(c4ccc(C(C)(C)C)cc4-c4ccc(C(C)(C)C)cc4)c4cc(C5CCCCC5)cc2c43)cc1. The Balaban J connectivity index is 1.06. The molecule has 109 heavy (non-hydrogen) atoms. The highest BCUT2D eigenvalue weighted by Gasteiger charge is 2.46. The van der Waals surface area contributed by atoms with E-state index in [2.05, 4.69) is 391 Å². The number of benzene rings is 11. The van der Waals surface area contributed by atoms with Crippen LogP contribution in [0, 0.1) is 0 Å². The van der Waals surface area contributed by atoms with Gasteiger partial charge in [0.25, 0.3) is 6.71 Å². The summed E-state index contributed by atoms with van der Waals surface area (Å²) in [6, 6.07) is 84.0. The Morgan fingerprint density at radius 2 is 0.541 bits per heavy atom. The number of nitrogens with zero attached hydrogens (tertiary/aromatic N) is 4. The summed E-state index contributed by atoms with van der Waals surface area (Å²) in [6.07, 6.45) is 6.02. The first-order valence-electron chi connectivity index (χ1n) is 40.9. The lowest BCUT2D eigenvalue weighted by Gasteiger charge is -2.46. The van der Waals surface area contributed by atoms with Gasteiger partial charge < -0.3 is 18.9 Å². The van der Waals surface area contributed by atoms with Gasteiger partial charge in [0, 0.05) is 66.8 Å². The molecule has 1 aliphatic carbocycles. The molecule has 3 aliphatic rings. The Bertz CT molecular complexity index is 5290. The van der Waals surface area contributed by atoms with Gasteiger partial charge in [-0.1, -0.05) is 282 Å². The predicted octanol–water partition coefficient (Wildman–Crippen LogP) is 27.7. The second-order valence-corrected chi connectivity index (χ2v) is 41.1. The normalized spacial score (nSPS) is 14.9. The van der Waals surface area contributed by atoms with E-state index in [-0.39, 0.29) is 50.0 Å². The molecule has 4 nitrogen and oxygen atoms in total. The van der Waals surface area contributed by atoms with Crippen LogP contribution >= 0.6 is 0 Å². The maximum atomic E-state index is 2.77. The van der Waals surface area contributed by atoms with Crippen molar-refractivity contribution in [2.45, 2.75) is 248 Å². The highest BCUT2D eigenvalue weighted by molar-refractivity contribution is 7.00. The summed E-state index contributed by atoms with van der Waals surface area (Å²) >= 11 is 0. The maximum absolute atomic E-state index is 2.77. The molecule has 16 rings (SSSR count). The molecule has 0 radical (unpaired) electrons. The maximum Gasteiger partial charge on any atom is 0.252 e. The molecule has 0 N–H and O–H groups in total. The molecule has 556 valence electrons. The van der Waals surface area contributed by atoms with Crippen LogP contribution in [0.2, 0.25) is 0 Å². The van der Waals surface area contributed by atoms with Crippen LogP contribution < -0.4 is 26.2 Å². The van der Waals surface area contributed by atoms with E-state index < -0.39 is 0 Å². The monoisotopic (exact) mass is 1430 g/mol. The molecule has 2 aliphatic heterocycles. The smallest absolute Gasteiger partial charge is 0.252 e. The molecule has 0 saturated heterocycles. The van der Waals surface area contributed by atoms with Gasteiger partial charge in [-0.15, -0.1) is 0 Å². The molecular weight excluding hydrogens is 1320 g/mol. The average Bonchev–Trinajstić information content (AvgIpc) is 1.66. The lowest BCUT2D eigenvalue weighted by molar-refractivity contribution is 0.444. The van der Waals surface area contributed by atoms with Crippen LogP contribution in [-0.2, 0) is 43.3 Å². The second kappa shape index (κ2) is 25.6. The van der Waals surface area contributed by atoms with Crippen LogP contribution in [0.4, 0.5) is 34.1 Å². The van der Waals surface area contributed by atoms with Crippen LogP contribution in [0.25, 0.3) is 77.2 Å². The zero-order valence-corrected chi connectivity index (χ0v) is 70.1. The minimum atomic E-state index is -0.165. The number of hydrogen-bond acceptors (Lipinski definition) is 2. The number of hydrogen-bond donors (Lipinski definition) is 0. The zero-order valence-electron chi connectivity index (χ0n) is 70.1. The van der Waals surface area contributed by atoms with Crippen molar-refractivity contribution in [1.82, 2.24) is 9.13 Å². The Kier molecular flexibility index (Phi) is 17.4. The van der Waals surface area contributed by atoms with Gasteiger partial charge in [-0.2, -0.15) is 0 Å². The fourth-order valence-electron chi connectivity index (χ4n) is 18.1. The van der Waals surface area contributed by atoms with Gasteiger partial charge in [0.15, 0.2) is 0 Å². The highest BCUT2D eigenvalue weighted by Crippen LogP contribution is 2.53. The van der Waals surface area contributed by atoms with Crippen molar-refractivity contribution >= 4 is 101 Å². The first-order valence-corrected chi connectivity index (χ1v) is 40.9. The number of rotatable bonds is 7. The highest BCUT2D eigenvalue weighted by atomic mass is 15.2. The number of anilines is 6. The van der Waals surface area contributed by atoms with Gasteiger partial charge in [0.05, 0.1) is 33.4 Å². The molecule has 0 amide bonds. The summed E-state index contributed by atoms with van der Waals surface area (Å²) in [5.41, 5.74) is 34.9. The molecule has 5 heteroatoms. The lowest BCUT2D eigenvalue weighted by Crippen LogP contribution is -2.61. The fourth-order valence-corrected chi connectivity index (χ4v) is 18.1. The van der Waals surface area contributed by atoms with Crippen LogP contribution in [0.1, 0.15) is 254 Å². The van der Waals surface area contributed by atoms with Crippen LogP contribution in [0.5, 0.6) is 0 Å². The molecule has 1 fully saturated rings. The molecule has 0 spiro atoms. The standard InChI is InChI=1S/C104H117BN4/c1-97(2,3)68-34-30-65(31-35-68)78-56-70(99(7,8)9)38-48-86(78)108-92-62-76(106-88-50-40-72(101(13,14)15)58-80(88)81-59-73(102(16,17)18)41-51-89(81)106)44-46-84(92)105-85-47-45-77(107-90-52-42-74(103(19,20)21)60-82(90)83-61-75(104(22,23)24)43-53-91(83)107)63-93(85)109(95-55-67(54-94(108)96(95)105)64-28-26-25-27-29-64)87-49-39-71(100(10,11)12)57-79(87)66-32-36-69(37-33-66)98(4,5)6/h30-64H,25-29H2,1-24H3.